The maximum Gasteiger partial charge on any atom is 0.233 e. The number of hydrogen-bond acceptors (Lipinski definition) is 6. The summed E-state index contributed by atoms with van der Waals surface area (Å²) in [5, 5.41) is 14.7. The molecule has 1 amide bonds. The van der Waals surface area contributed by atoms with E-state index in [0.29, 0.717) is 11.4 Å². The fourth-order valence-electron chi connectivity index (χ4n) is 4.04. The third-order valence-corrected chi connectivity index (χ3v) is 6.90. The Morgan fingerprint density at radius 3 is 2.87 bits per heavy atom. The summed E-state index contributed by atoms with van der Waals surface area (Å²) in [4.78, 5) is 18.2. The molecule has 7 heteroatoms. The largest absolute Gasteiger partial charge is 0.379 e. The van der Waals surface area contributed by atoms with Crippen molar-refractivity contribution in [2.75, 3.05) is 39.9 Å². The second-order valence-electron chi connectivity index (χ2n) is 7.75. The minimum atomic E-state index is -0.153. The minimum absolute atomic E-state index is 0.0971. The highest BCUT2D eigenvalue weighted by Crippen LogP contribution is 2.37. The Morgan fingerprint density at radius 1 is 1.30 bits per heavy atom. The molecule has 2 aromatic rings. The van der Waals surface area contributed by atoms with Gasteiger partial charge in [-0.1, -0.05) is 18.7 Å². The van der Waals surface area contributed by atoms with Crippen LogP contribution in [0.1, 0.15) is 22.9 Å². The molecule has 1 N–H and O–H groups in total. The van der Waals surface area contributed by atoms with Crippen molar-refractivity contribution in [2.24, 2.45) is 5.92 Å². The molecule has 3 heterocycles. The van der Waals surface area contributed by atoms with Gasteiger partial charge in [-0.3, -0.25) is 9.69 Å². The summed E-state index contributed by atoms with van der Waals surface area (Å²) in [5.41, 5.74) is 2.72. The zero-order chi connectivity index (χ0) is 21.1. The lowest BCUT2D eigenvalue weighted by molar-refractivity contribution is -0.136. The summed E-state index contributed by atoms with van der Waals surface area (Å²) >= 11 is 1.64. The monoisotopic (exact) mass is 422 g/mol. The summed E-state index contributed by atoms with van der Waals surface area (Å²) < 4.78 is 5.44. The van der Waals surface area contributed by atoms with Gasteiger partial charge < -0.3 is 15.0 Å². The molecule has 6 nitrogen and oxygen atoms in total. The molecule has 156 valence electrons. The first-order valence-corrected chi connectivity index (χ1v) is 11.1. The van der Waals surface area contributed by atoms with Crippen molar-refractivity contribution >= 4 is 17.2 Å². The van der Waals surface area contributed by atoms with E-state index in [-0.39, 0.29) is 17.9 Å². The van der Waals surface area contributed by atoms with Crippen molar-refractivity contribution < 1.29 is 9.53 Å². The van der Waals surface area contributed by atoms with E-state index >= 15 is 0 Å². The fourth-order valence-corrected chi connectivity index (χ4v) is 5.07. The van der Waals surface area contributed by atoms with E-state index in [4.69, 9.17) is 4.74 Å². The van der Waals surface area contributed by atoms with Crippen LogP contribution >= 0.6 is 11.3 Å². The van der Waals surface area contributed by atoms with Gasteiger partial charge in [0, 0.05) is 25.0 Å². The molecule has 0 radical (unpaired) electrons. The zero-order valence-corrected chi connectivity index (χ0v) is 18.0. The number of nitrogens with one attached hydrogen (secondary N) is 1. The van der Waals surface area contributed by atoms with Crippen LogP contribution in [0.3, 0.4) is 0 Å². The average Bonchev–Trinajstić information content (AvgIpc) is 3.27. The van der Waals surface area contributed by atoms with Gasteiger partial charge in [-0.05, 0) is 47.7 Å². The normalized spacial score (nSPS) is 22.6. The van der Waals surface area contributed by atoms with Crippen molar-refractivity contribution in [2.45, 2.75) is 12.5 Å². The van der Waals surface area contributed by atoms with Crippen molar-refractivity contribution in [3.8, 4) is 17.2 Å². The van der Waals surface area contributed by atoms with E-state index in [0.717, 1.165) is 55.3 Å². The van der Waals surface area contributed by atoms with Crippen LogP contribution in [0.2, 0.25) is 0 Å². The number of thiophene rings is 1. The number of rotatable bonds is 5. The van der Waals surface area contributed by atoms with E-state index in [1.54, 1.807) is 29.4 Å². The molecule has 4 rings (SSSR count). The van der Waals surface area contributed by atoms with E-state index in [2.05, 4.69) is 34.3 Å². The highest BCUT2D eigenvalue weighted by molar-refractivity contribution is 7.10. The van der Waals surface area contributed by atoms with Crippen molar-refractivity contribution in [3.63, 3.8) is 0 Å². The molecule has 2 saturated heterocycles. The first-order valence-electron chi connectivity index (χ1n) is 10.2. The van der Waals surface area contributed by atoms with Gasteiger partial charge in [-0.25, -0.2) is 0 Å². The van der Waals surface area contributed by atoms with Crippen molar-refractivity contribution in [3.05, 3.63) is 58.6 Å². The lowest BCUT2D eigenvalue weighted by atomic mass is 9.90. The summed E-state index contributed by atoms with van der Waals surface area (Å²) in [6.45, 7) is 8.25. The van der Waals surface area contributed by atoms with Gasteiger partial charge in [-0.2, -0.15) is 5.26 Å². The highest BCUT2D eigenvalue weighted by Gasteiger charge is 2.38. The summed E-state index contributed by atoms with van der Waals surface area (Å²) in [6, 6.07) is 11.8. The van der Waals surface area contributed by atoms with Gasteiger partial charge in [0.1, 0.15) is 5.82 Å². The van der Waals surface area contributed by atoms with Crippen LogP contribution in [-0.4, -0.2) is 55.6 Å². The Kier molecular flexibility index (Phi) is 6.18. The number of hydrogen-bond donors (Lipinski definition) is 1. The molecular weight excluding hydrogens is 396 g/mol. The molecule has 1 aromatic carbocycles. The van der Waals surface area contributed by atoms with Gasteiger partial charge >= 0.3 is 0 Å². The molecule has 2 unspecified atom stereocenters. The van der Waals surface area contributed by atoms with Gasteiger partial charge in [0.2, 0.25) is 5.91 Å². The molecule has 2 aliphatic rings. The Balaban J connectivity index is 1.56. The molecule has 0 aliphatic carbocycles. The van der Waals surface area contributed by atoms with Gasteiger partial charge in [-0.15, -0.1) is 11.3 Å². The van der Waals surface area contributed by atoms with E-state index in [9.17, 15) is 10.1 Å². The first-order chi connectivity index (χ1) is 14.6. The van der Waals surface area contributed by atoms with Crippen LogP contribution in [0.5, 0.6) is 0 Å². The second kappa shape index (κ2) is 9.00. The lowest BCUT2D eigenvalue weighted by Gasteiger charge is -2.39. The molecule has 0 bridgehead atoms. The van der Waals surface area contributed by atoms with Gasteiger partial charge in [0.15, 0.2) is 0 Å². The molecular formula is C23H26N4O2S. The molecule has 0 saturated carbocycles. The Morgan fingerprint density at radius 2 is 2.10 bits per heavy atom. The third kappa shape index (κ3) is 4.26. The van der Waals surface area contributed by atoms with Crippen LogP contribution in [0.25, 0.3) is 11.1 Å². The molecule has 30 heavy (non-hydrogen) atoms. The summed E-state index contributed by atoms with van der Waals surface area (Å²) in [7, 11) is 1.78. The smallest absolute Gasteiger partial charge is 0.233 e. The minimum Gasteiger partial charge on any atom is -0.379 e. The number of carbonyl (C=O) groups is 1. The van der Waals surface area contributed by atoms with E-state index < -0.39 is 0 Å². The Hall–Kier alpha value is -2.66. The number of ether oxygens (including phenoxy) is 1. The number of nitriles is 1. The van der Waals surface area contributed by atoms with Crippen molar-refractivity contribution in [1.82, 2.24) is 15.1 Å². The maximum absolute atomic E-state index is 13.1. The number of amides is 1. The number of carbonyl (C=O) groups excluding carboxylic acids is 1. The molecule has 0 spiro atoms. The topological polar surface area (TPSA) is 68.6 Å². The molecule has 1 aromatic heterocycles. The molecule has 2 fully saturated rings. The number of morpholine rings is 1. The first kappa shape index (κ1) is 20.6. The Bertz CT molecular complexity index is 974. The van der Waals surface area contributed by atoms with Gasteiger partial charge in [0.25, 0.3) is 0 Å². The van der Waals surface area contributed by atoms with Crippen molar-refractivity contribution in [1.29, 1.82) is 5.26 Å². The predicted molar refractivity (Wildman–Crippen MR) is 118 cm³/mol. The van der Waals surface area contributed by atoms with Crippen LogP contribution in [0.4, 0.5) is 0 Å². The van der Waals surface area contributed by atoms with Gasteiger partial charge in [0.05, 0.1) is 36.8 Å². The lowest BCUT2D eigenvalue weighted by Crippen LogP contribution is -2.50. The van der Waals surface area contributed by atoms with E-state index in [1.807, 2.05) is 18.2 Å². The third-order valence-electron chi connectivity index (χ3n) is 5.89. The predicted octanol–water partition coefficient (Wildman–Crippen LogP) is 3.20. The maximum atomic E-state index is 13.1. The second-order valence-corrected chi connectivity index (χ2v) is 8.69. The number of nitrogens with zero attached hydrogens (tertiary/aromatic N) is 3. The highest BCUT2D eigenvalue weighted by atomic mass is 32.1. The van der Waals surface area contributed by atoms with Crippen LogP contribution in [0.15, 0.2) is 48.1 Å². The quantitative estimate of drug-likeness (QED) is 0.801. The van der Waals surface area contributed by atoms with Crippen LogP contribution < -0.4 is 5.32 Å². The van der Waals surface area contributed by atoms with Crippen LogP contribution in [-0.2, 0) is 9.53 Å². The average molecular weight is 423 g/mol. The molecule has 2 atom stereocenters. The Labute approximate surface area is 181 Å². The zero-order valence-electron chi connectivity index (χ0n) is 17.1. The van der Waals surface area contributed by atoms with Crippen LogP contribution in [0, 0.1) is 17.2 Å². The summed E-state index contributed by atoms with van der Waals surface area (Å²) in [5.74, 6) is 0.591. The molecule has 2 aliphatic heterocycles. The number of benzene rings is 1. The summed E-state index contributed by atoms with van der Waals surface area (Å²) in [6.07, 6.45) is 0.783. The van der Waals surface area contributed by atoms with E-state index in [1.165, 1.54) is 0 Å². The fraction of sp³-hybridized carbons (Fsp3) is 0.391. The standard InChI is InChI=1S/C23H26N4O2S/c1-16-25-22(20(23(28)26(16)2)6-7-27-8-10-29-11-9-27)21-13-19(15-30-21)18-5-3-4-17(12-18)14-24/h3-5,12-13,15,20,22,25H,1,6-11H2,2H3. The SMILES string of the molecule is C=C1NC(c2cc(-c3cccc(C#N)c3)cs2)C(CCN2CCOCC2)C(=O)N1C.